The van der Waals surface area contributed by atoms with Crippen molar-refractivity contribution in [1.82, 2.24) is 0 Å². The monoisotopic (exact) mass is 252 g/mol. The molecule has 17 heavy (non-hydrogen) atoms. The fourth-order valence-corrected chi connectivity index (χ4v) is 2.35. The minimum atomic E-state index is -0.0495. The molecular formula is C12H20N2O2Si. The molecule has 1 rings (SSSR count). The zero-order valence-corrected chi connectivity index (χ0v) is 11.4. The molecule has 1 aromatic carbocycles. The van der Waals surface area contributed by atoms with E-state index in [1.165, 1.54) is 0 Å². The Labute approximate surface area is 105 Å². The van der Waals surface area contributed by atoms with Crippen LogP contribution in [0.4, 0.5) is 11.4 Å². The molecule has 0 bridgehead atoms. The van der Waals surface area contributed by atoms with Gasteiger partial charge in [0.15, 0.2) is 0 Å². The average Bonchev–Trinajstić information content (AvgIpc) is 2.36. The van der Waals surface area contributed by atoms with Gasteiger partial charge in [-0.25, -0.2) is 0 Å². The Bertz CT molecular complexity index is 302. The second-order valence-corrected chi connectivity index (χ2v) is 5.04. The third-order valence-electron chi connectivity index (χ3n) is 2.33. The maximum Gasteiger partial charge on any atom is 0.136 e. The zero-order chi connectivity index (χ0) is 12.5. The summed E-state index contributed by atoms with van der Waals surface area (Å²) in [7, 11) is 4.03. The molecule has 5 heteroatoms. The van der Waals surface area contributed by atoms with Crippen molar-refractivity contribution in [2.24, 2.45) is 0 Å². The number of anilines is 2. The van der Waals surface area contributed by atoms with Crippen molar-refractivity contribution in [3.63, 3.8) is 0 Å². The van der Waals surface area contributed by atoms with Crippen LogP contribution in [0.2, 0.25) is 6.04 Å². The van der Waals surface area contributed by atoms with E-state index in [4.69, 9.17) is 15.2 Å². The van der Waals surface area contributed by atoms with Crippen molar-refractivity contribution >= 4 is 20.9 Å². The van der Waals surface area contributed by atoms with Crippen molar-refractivity contribution in [1.29, 1.82) is 0 Å². The number of nitrogen functional groups attached to an aromatic ring is 1. The van der Waals surface area contributed by atoms with Crippen LogP contribution in [0, 0.1) is 0 Å². The Morgan fingerprint density at radius 2 is 1.88 bits per heavy atom. The highest BCUT2D eigenvalue weighted by Crippen LogP contribution is 2.10. The molecule has 0 spiro atoms. The lowest BCUT2D eigenvalue weighted by Crippen LogP contribution is -2.21. The van der Waals surface area contributed by atoms with Gasteiger partial charge in [-0.2, -0.15) is 0 Å². The molecule has 0 atom stereocenters. The molecule has 3 N–H and O–H groups in total. The van der Waals surface area contributed by atoms with Gasteiger partial charge in [0.2, 0.25) is 0 Å². The van der Waals surface area contributed by atoms with E-state index in [-0.39, 0.29) is 5.91 Å². The first kappa shape index (κ1) is 14.0. The number of nitrogens with two attached hydrogens (primary N) is 1. The molecule has 0 aliphatic rings. The van der Waals surface area contributed by atoms with Gasteiger partial charge in [0.1, 0.15) is 15.4 Å². The molecule has 94 valence electrons. The Kier molecular flexibility index (Phi) is 6.69. The Morgan fingerprint density at radius 1 is 1.24 bits per heavy atom. The minimum Gasteiger partial charge on any atom is -0.399 e. The van der Waals surface area contributed by atoms with Crippen molar-refractivity contribution in [3.05, 3.63) is 24.3 Å². The first-order chi connectivity index (χ1) is 8.26. The van der Waals surface area contributed by atoms with Gasteiger partial charge in [0.05, 0.1) is 0 Å². The lowest BCUT2D eigenvalue weighted by molar-refractivity contribution is -0.0441. The third-order valence-corrected chi connectivity index (χ3v) is 3.78. The smallest absolute Gasteiger partial charge is 0.136 e. The average molecular weight is 252 g/mol. The number of benzene rings is 1. The van der Waals surface area contributed by atoms with Gasteiger partial charge in [-0.3, -0.25) is 0 Å². The number of rotatable bonds is 8. The number of hydrogen-bond acceptors (Lipinski definition) is 4. The number of ether oxygens (including phenoxy) is 2. The van der Waals surface area contributed by atoms with E-state index in [0.717, 1.165) is 30.4 Å². The second kappa shape index (κ2) is 8.11. The van der Waals surface area contributed by atoms with Crippen LogP contribution in [-0.4, -0.2) is 36.2 Å². The summed E-state index contributed by atoms with van der Waals surface area (Å²) in [5.74, 6) is -0.0495. The highest BCUT2D eigenvalue weighted by atomic mass is 28.2. The Morgan fingerprint density at radius 3 is 2.47 bits per heavy atom. The largest absolute Gasteiger partial charge is 0.399 e. The summed E-state index contributed by atoms with van der Waals surface area (Å²) < 4.78 is 10.3. The van der Waals surface area contributed by atoms with Crippen LogP contribution in [0.1, 0.15) is 6.42 Å². The Hall–Kier alpha value is -1.04. The van der Waals surface area contributed by atoms with E-state index in [0.29, 0.717) is 9.52 Å². The maximum atomic E-state index is 5.61. The van der Waals surface area contributed by atoms with E-state index in [1.54, 1.807) is 14.2 Å². The first-order valence-electron chi connectivity index (χ1n) is 5.64. The fraction of sp³-hybridized carbons (Fsp3) is 0.500. The summed E-state index contributed by atoms with van der Waals surface area (Å²) in [6.07, 6.45) is 1.10. The summed E-state index contributed by atoms with van der Waals surface area (Å²) in [5.41, 5.74) is 7.51. The van der Waals surface area contributed by atoms with Crippen LogP contribution in [0.15, 0.2) is 24.3 Å². The molecule has 0 heterocycles. The molecule has 0 aliphatic carbocycles. The van der Waals surface area contributed by atoms with Crippen molar-refractivity contribution in [3.8, 4) is 0 Å². The molecule has 2 radical (unpaired) electrons. The van der Waals surface area contributed by atoms with Gasteiger partial charge in [-0.15, -0.1) is 0 Å². The zero-order valence-electron chi connectivity index (χ0n) is 10.4. The minimum absolute atomic E-state index is 0.0495. The quantitative estimate of drug-likeness (QED) is 0.320. The lowest BCUT2D eigenvalue weighted by Gasteiger charge is -2.12. The molecule has 0 aliphatic heterocycles. The van der Waals surface area contributed by atoms with Crippen LogP contribution in [-0.2, 0) is 9.47 Å². The summed E-state index contributed by atoms with van der Waals surface area (Å²) >= 11 is 0. The molecular weight excluding hydrogens is 232 g/mol. The topological polar surface area (TPSA) is 56.5 Å². The van der Waals surface area contributed by atoms with Crippen molar-refractivity contribution in [2.45, 2.75) is 18.4 Å². The normalized spacial score (nSPS) is 10.8. The van der Waals surface area contributed by atoms with Crippen molar-refractivity contribution < 1.29 is 9.47 Å². The summed E-state index contributed by atoms with van der Waals surface area (Å²) in [5, 5.41) is 3.35. The van der Waals surface area contributed by atoms with Gasteiger partial charge in [-0.1, -0.05) is 6.04 Å². The predicted molar refractivity (Wildman–Crippen MR) is 72.3 cm³/mol. The van der Waals surface area contributed by atoms with Crippen molar-refractivity contribution in [2.75, 3.05) is 31.8 Å². The lowest BCUT2D eigenvalue weighted by atomic mass is 10.3. The van der Waals surface area contributed by atoms with E-state index >= 15 is 0 Å². The number of nitrogens with one attached hydrogen (secondary N) is 1. The molecule has 0 amide bonds. The van der Waals surface area contributed by atoms with Crippen LogP contribution in [0.5, 0.6) is 0 Å². The molecule has 0 fully saturated rings. The highest BCUT2D eigenvalue weighted by Gasteiger charge is 2.04. The van der Waals surface area contributed by atoms with Gasteiger partial charge in [0.25, 0.3) is 0 Å². The first-order valence-corrected chi connectivity index (χ1v) is 6.93. The molecule has 0 saturated carbocycles. The van der Waals surface area contributed by atoms with E-state index in [2.05, 4.69) is 5.32 Å². The predicted octanol–water partition coefficient (Wildman–Crippen LogP) is 1.77. The summed E-state index contributed by atoms with van der Waals surface area (Å²) in [6, 6.07) is 8.88. The maximum absolute atomic E-state index is 5.61. The molecule has 1 aromatic rings. The van der Waals surface area contributed by atoms with E-state index < -0.39 is 0 Å². The van der Waals surface area contributed by atoms with Crippen LogP contribution < -0.4 is 11.1 Å². The molecule has 0 saturated heterocycles. The van der Waals surface area contributed by atoms with Crippen LogP contribution in [0.3, 0.4) is 0 Å². The fourth-order valence-electron chi connectivity index (χ4n) is 1.40. The molecule has 4 nitrogen and oxygen atoms in total. The number of methoxy groups -OCH3 is 2. The summed E-state index contributed by atoms with van der Waals surface area (Å²) in [6.45, 7) is 0.955. The SMILES string of the molecule is COC(OC)[Si]CCCNc1ccc(N)cc1. The van der Waals surface area contributed by atoms with E-state index in [1.807, 2.05) is 24.3 Å². The van der Waals surface area contributed by atoms with E-state index in [9.17, 15) is 0 Å². The van der Waals surface area contributed by atoms with Gasteiger partial charge < -0.3 is 20.5 Å². The number of hydrogen-bond donors (Lipinski definition) is 2. The molecule has 0 unspecified atom stereocenters. The van der Waals surface area contributed by atoms with Crippen LogP contribution >= 0.6 is 0 Å². The molecule has 0 aromatic heterocycles. The summed E-state index contributed by atoms with van der Waals surface area (Å²) in [4.78, 5) is 0. The standard InChI is InChI=1S/C12H20N2O2Si/c1-15-12(16-2)17-9-3-8-14-11-6-4-10(13)5-7-11/h4-7,12,14H,3,8-9,13H2,1-2H3. The second-order valence-electron chi connectivity index (χ2n) is 3.66. The highest BCUT2D eigenvalue weighted by molar-refractivity contribution is 6.36. The van der Waals surface area contributed by atoms with Gasteiger partial charge >= 0.3 is 0 Å². The van der Waals surface area contributed by atoms with Gasteiger partial charge in [-0.05, 0) is 30.7 Å². The Balaban J connectivity index is 2.10. The van der Waals surface area contributed by atoms with Gasteiger partial charge in [0, 0.05) is 32.1 Å². The van der Waals surface area contributed by atoms with Crippen LogP contribution in [0.25, 0.3) is 0 Å². The third kappa shape index (κ3) is 5.72.